The van der Waals surface area contributed by atoms with Gasteiger partial charge in [0.2, 0.25) is 0 Å². The molecule has 0 bridgehead atoms. The number of aromatic nitrogens is 1. The summed E-state index contributed by atoms with van der Waals surface area (Å²) in [5.41, 5.74) is 0.812. The quantitative estimate of drug-likeness (QED) is 0.571. The summed E-state index contributed by atoms with van der Waals surface area (Å²) in [6, 6.07) is 7.80. The van der Waals surface area contributed by atoms with E-state index in [0.29, 0.717) is 6.42 Å². The molecular weight excluding hydrogens is 210 g/mol. The number of carbonyl (C=O) groups excluding carboxylic acids is 1. The lowest BCUT2D eigenvalue weighted by Gasteiger charge is -2.04. The molecule has 1 aromatic carbocycles. The molecule has 2 heteroatoms. The van der Waals surface area contributed by atoms with E-state index >= 15 is 0 Å². The largest absolute Gasteiger partial charge is 0.294 e. The Hall–Kier alpha value is -1.70. The molecule has 1 aromatic heterocycles. The van der Waals surface area contributed by atoms with Crippen molar-refractivity contribution in [2.24, 2.45) is 0 Å². The minimum Gasteiger partial charge on any atom is -0.294 e. The number of unbranched alkanes of at least 4 members (excludes halogenated alkanes) is 2. The fraction of sp³-hybridized carbons (Fsp3) is 0.333. The van der Waals surface area contributed by atoms with Crippen LogP contribution in [0.15, 0.2) is 36.7 Å². The van der Waals surface area contributed by atoms with Gasteiger partial charge in [0.05, 0.1) is 0 Å². The molecule has 2 rings (SSSR count). The maximum Gasteiger partial charge on any atom is 0.163 e. The molecule has 0 aliphatic heterocycles. The first kappa shape index (κ1) is 11.8. The second-order valence-electron chi connectivity index (χ2n) is 4.28. The Balaban J connectivity index is 2.26. The SMILES string of the molecule is CCCCCC(=O)c1cccc2ccncc12. The Bertz CT molecular complexity index is 514. The van der Waals surface area contributed by atoms with Crippen LogP contribution in [0.25, 0.3) is 10.8 Å². The Morgan fingerprint density at radius 1 is 1.24 bits per heavy atom. The van der Waals surface area contributed by atoms with Crippen LogP contribution in [0.4, 0.5) is 0 Å². The molecule has 0 amide bonds. The van der Waals surface area contributed by atoms with Crippen molar-refractivity contribution in [3.8, 4) is 0 Å². The summed E-state index contributed by atoms with van der Waals surface area (Å²) in [6.45, 7) is 2.15. The fourth-order valence-electron chi connectivity index (χ4n) is 2.03. The summed E-state index contributed by atoms with van der Waals surface area (Å²) >= 11 is 0. The van der Waals surface area contributed by atoms with E-state index in [1.54, 1.807) is 12.4 Å². The van der Waals surface area contributed by atoms with Crippen molar-refractivity contribution in [2.75, 3.05) is 0 Å². The van der Waals surface area contributed by atoms with Gasteiger partial charge in [-0.15, -0.1) is 0 Å². The average Bonchev–Trinajstić information content (AvgIpc) is 2.38. The molecule has 0 aliphatic rings. The van der Waals surface area contributed by atoms with Crippen molar-refractivity contribution >= 4 is 16.6 Å². The molecular formula is C15H17NO. The zero-order valence-corrected chi connectivity index (χ0v) is 10.1. The van der Waals surface area contributed by atoms with Gasteiger partial charge in [0.15, 0.2) is 5.78 Å². The van der Waals surface area contributed by atoms with E-state index in [-0.39, 0.29) is 5.78 Å². The zero-order chi connectivity index (χ0) is 12.1. The molecule has 0 saturated heterocycles. The highest BCUT2D eigenvalue weighted by molar-refractivity contribution is 6.07. The molecule has 1 heterocycles. The topological polar surface area (TPSA) is 30.0 Å². The molecule has 0 atom stereocenters. The second-order valence-corrected chi connectivity index (χ2v) is 4.28. The third-order valence-electron chi connectivity index (χ3n) is 2.99. The van der Waals surface area contributed by atoms with Gasteiger partial charge in [-0.2, -0.15) is 0 Å². The Kier molecular flexibility index (Phi) is 3.86. The Labute approximate surface area is 102 Å². The molecule has 0 N–H and O–H groups in total. The molecule has 0 aliphatic carbocycles. The molecule has 2 aromatic rings. The lowest BCUT2D eigenvalue weighted by atomic mass is 10.00. The number of hydrogen-bond donors (Lipinski definition) is 0. The molecule has 0 spiro atoms. The molecule has 0 saturated carbocycles. The highest BCUT2D eigenvalue weighted by Gasteiger charge is 2.09. The number of ketones is 1. The van der Waals surface area contributed by atoms with Gasteiger partial charge in [-0.05, 0) is 17.9 Å². The van der Waals surface area contributed by atoms with Crippen LogP contribution in [-0.2, 0) is 0 Å². The summed E-state index contributed by atoms with van der Waals surface area (Å²) < 4.78 is 0. The third kappa shape index (κ3) is 2.70. The van der Waals surface area contributed by atoms with E-state index in [1.807, 2.05) is 24.3 Å². The number of carbonyl (C=O) groups is 1. The smallest absolute Gasteiger partial charge is 0.163 e. The average molecular weight is 227 g/mol. The Morgan fingerprint density at radius 3 is 2.94 bits per heavy atom. The van der Waals surface area contributed by atoms with Crippen LogP contribution in [0.5, 0.6) is 0 Å². The lowest BCUT2D eigenvalue weighted by Crippen LogP contribution is -2.00. The van der Waals surface area contributed by atoms with E-state index in [2.05, 4.69) is 11.9 Å². The lowest BCUT2D eigenvalue weighted by molar-refractivity contribution is 0.0981. The summed E-state index contributed by atoms with van der Waals surface area (Å²) in [4.78, 5) is 16.2. The maximum absolute atomic E-state index is 12.1. The van der Waals surface area contributed by atoms with Gasteiger partial charge in [-0.3, -0.25) is 9.78 Å². The van der Waals surface area contributed by atoms with Crippen LogP contribution in [0.1, 0.15) is 43.0 Å². The zero-order valence-electron chi connectivity index (χ0n) is 10.1. The van der Waals surface area contributed by atoms with E-state index in [1.165, 1.54) is 0 Å². The standard InChI is InChI=1S/C15H17NO/c1-2-3-4-8-15(17)13-7-5-6-12-9-10-16-11-14(12)13/h5-7,9-11H,2-4,8H2,1H3. The first-order chi connectivity index (χ1) is 8.33. The van der Waals surface area contributed by atoms with Gasteiger partial charge < -0.3 is 0 Å². The van der Waals surface area contributed by atoms with Gasteiger partial charge in [0.25, 0.3) is 0 Å². The van der Waals surface area contributed by atoms with Crippen LogP contribution in [0.2, 0.25) is 0 Å². The molecule has 17 heavy (non-hydrogen) atoms. The number of Topliss-reactive ketones (excluding diaryl/α,β-unsaturated/α-hetero) is 1. The first-order valence-corrected chi connectivity index (χ1v) is 6.19. The third-order valence-corrected chi connectivity index (χ3v) is 2.99. The van der Waals surface area contributed by atoms with Gasteiger partial charge in [0, 0.05) is 29.8 Å². The fourth-order valence-corrected chi connectivity index (χ4v) is 2.03. The number of rotatable bonds is 5. The highest BCUT2D eigenvalue weighted by Crippen LogP contribution is 2.19. The molecule has 0 fully saturated rings. The number of benzene rings is 1. The van der Waals surface area contributed by atoms with Crippen LogP contribution in [0, 0.1) is 0 Å². The molecule has 2 nitrogen and oxygen atoms in total. The molecule has 0 radical (unpaired) electrons. The predicted molar refractivity (Wildman–Crippen MR) is 70.2 cm³/mol. The van der Waals surface area contributed by atoms with Gasteiger partial charge in [0.1, 0.15) is 0 Å². The van der Waals surface area contributed by atoms with E-state index in [9.17, 15) is 4.79 Å². The van der Waals surface area contributed by atoms with Crippen molar-refractivity contribution in [1.29, 1.82) is 0 Å². The van der Waals surface area contributed by atoms with Crippen molar-refractivity contribution in [2.45, 2.75) is 32.6 Å². The summed E-state index contributed by atoms with van der Waals surface area (Å²) in [7, 11) is 0. The van der Waals surface area contributed by atoms with E-state index in [0.717, 1.165) is 35.6 Å². The van der Waals surface area contributed by atoms with Crippen LogP contribution < -0.4 is 0 Å². The van der Waals surface area contributed by atoms with Gasteiger partial charge in [-0.25, -0.2) is 0 Å². The van der Waals surface area contributed by atoms with E-state index in [4.69, 9.17) is 0 Å². The number of pyridine rings is 1. The summed E-state index contributed by atoms with van der Waals surface area (Å²) in [5, 5.41) is 2.05. The maximum atomic E-state index is 12.1. The van der Waals surface area contributed by atoms with Crippen molar-refractivity contribution in [3.63, 3.8) is 0 Å². The van der Waals surface area contributed by atoms with Crippen LogP contribution >= 0.6 is 0 Å². The number of nitrogens with zero attached hydrogens (tertiary/aromatic N) is 1. The minimum atomic E-state index is 0.233. The Morgan fingerprint density at radius 2 is 2.12 bits per heavy atom. The minimum absolute atomic E-state index is 0.233. The molecule has 88 valence electrons. The summed E-state index contributed by atoms with van der Waals surface area (Å²) in [6.07, 6.45) is 7.42. The number of hydrogen-bond acceptors (Lipinski definition) is 2. The van der Waals surface area contributed by atoms with Crippen molar-refractivity contribution in [3.05, 3.63) is 42.2 Å². The second kappa shape index (κ2) is 5.58. The summed E-state index contributed by atoms with van der Waals surface area (Å²) in [5.74, 6) is 0.233. The van der Waals surface area contributed by atoms with Gasteiger partial charge in [-0.1, -0.05) is 38.0 Å². The highest BCUT2D eigenvalue weighted by atomic mass is 16.1. The van der Waals surface area contributed by atoms with Crippen molar-refractivity contribution in [1.82, 2.24) is 4.98 Å². The predicted octanol–water partition coefficient (Wildman–Crippen LogP) is 4.00. The first-order valence-electron chi connectivity index (χ1n) is 6.19. The van der Waals surface area contributed by atoms with Crippen molar-refractivity contribution < 1.29 is 4.79 Å². The van der Waals surface area contributed by atoms with Crippen LogP contribution in [-0.4, -0.2) is 10.8 Å². The number of fused-ring (bicyclic) bond motifs is 1. The molecule has 0 unspecified atom stereocenters. The van der Waals surface area contributed by atoms with Gasteiger partial charge >= 0.3 is 0 Å². The van der Waals surface area contributed by atoms with E-state index < -0.39 is 0 Å². The monoisotopic (exact) mass is 227 g/mol. The van der Waals surface area contributed by atoms with Crippen LogP contribution in [0.3, 0.4) is 0 Å². The normalized spacial score (nSPS) is 10.6.